The predicted octanol–water partition coefficient (Wildman–Crippen LogP) is 8.43. The fourth-order valence-electron chi connectivity index (χ4n) is 10.1. The number of benzene rings is 3. The molecule has 1 fully saturated rings. The maximum absolute atomic E-state index is 2.62. The molecule has 0 nitrogen and oxygen atoms in total. The molecule has 1 saturated carbocycles. The zero-order valence-electron chi connectivity index (χ0n) is 36.1. The van der Waals surface area contributed by atoms with E-state index in [9.17, 15) is 0 Å². The van der Waals surface area contributed by atoms with Crippen molar-refractivity contribution in [3.8, 4) is 0 Å². The summed E-state index contributed by atoms with van der Waals surface area (Å²) in [5, 5.41) is 0. The van der Waals surface area contributed by atoms with Crippen LogP contribution in [0.4, 0.5) is 0 Å². The molecule has 0 spiro atoms. The fraction of sp³-hybridized carbons (Fsp3) is 0.415. The van der Waals surface area contributed by atoms with E-state index in [4.69, 9.17) is 0 Å². The Morgan fingerprint density at radius 1 is 0.714 bits per heavy atom. The smallest absolute Gasteiger partial charge is 0.00969 e. The van der Waals surface area contributed by atoms with E-state index in [2.05, 4.69) is 168 Å². The number of halogens is 2. The Bertz CT molecular complexity index is 1980. The van der Waals surface area contributed by atoms with Gasteiger partial charge in [0.2, 0.25) is 0 Å². The SMILES string of the molecule is CC(C)c1ccc([C](=[Hf+2])c2ccc(C(C)C)cc2)cc1.C[C-]1C2=C3Cc4ccccc4C3=C3C=CCCC3C2(C)C(C)(C)C(C)(C)C1(C)C.[Cl-].[Cl-].c1cc[cH-]c1. The molecule has 0 aromatic heterocycles. The summed E-state index contributed by atoms with van der Waals surface area (Å²) in [6.07, 6.45) is 8.50. The molecule has 0 heterocycles. The molecule has 56 heavy (non-hydrogen) atoms. The summed E-state index contributed by atoms with van der Waals surface area (Å²) in [7, 11) is 0. The van der Waals surface area contributed by atoms with E-state index in [-0.39, 0.29) is 46.5 Å². The molecule has 0 bridgehead atoms. The Kier molecular flexibility index (Phi) is 14.6. The van der Waals surface area contributed by atoms with Gasteiger partial charge in [0.05, 0.1) is 0 Å². The van der Waals surface area contributed by atoms with Crippen molar-refractivity contribution >= 4 is 8.83 Å². The summed E-state index contributed by atoms with van der Waals surface area (Å²) in [5.74, 6) is 3.45. The number of hydrogen-bond acceptors (Lipinski definition) is 0. The van der Waals surface area contributed by atoms with E-state index in [1.54, 1.807) is 28.2 Å². The molecule has 4 aliphatic rings. The molecule has 4 aromatic rings. The number of fused-ring (bicyclic) bond motifs is 6. The zero-order valence-corrected chi connectivity index (χ0v) is 41.2. The van der Waals surface area contributed by atoms with Crippen molar-refractivity contribution in [1.29, 1.82) is 0 Å². The van der Waals surface area contributed by atoms with Crippen LogP contribution in [0.3, 0.4) is 0 Å². The van der Waals surface area contributed by atoms with Crippen LogP contribution in [0.5, 0.6) is 0 Å². The third-order valence-electron chi connectivity index (χ3n) is 15.1. The molecular formula is C53H64Cl2Hf-2. The molecule has 3 heteroatoms. The molecule has 0 amide bonds. The van der Waals surface area contributed by atoms with Gasteiger partial charge in [-0.15, -0.1) is 6.92 Å². The predicted molar refractivity (Wildman–Crippen MR) is 231 cm³/mol. The van der Waals surface area contributed by atoms with Crippen molar-refractivity contribution in [2.45, 2.75) is 114 Å². The van der Waals surface area contributed by atoms with E-state index >= 15 is 0 Å². The summed E-state index contributed by atoms with van der Waals surface area (Å²) >= 11 is 1.07. The van der Waals surface area contributed by atoms with Gasteiger partial charge in [-0.25, -0.2) is 18.1 Å². The van der Waals surface area contributed by atoms with E-state index in [1.807, 2.05) is 30.3 Å². The fourth-order valence-corrected chi connectivity index (χ4v) is 11.3. The molecule has 296 valence electrons. The Morgan fingerprint density at radius 3 is 1.71 bits per heavy atom. The van der Waals surface area contributed by atoms with Crippen LogP contribution in [0.25, 0.3) is 5.57 Å². The number of hydrogen-bond donors (Lipinski definition) is 0. The first-order valence-corrected chi connectivity index (χ1v) is 22.3. The van der Waals surface area contributed by atoms with Crippen LogP contribution in [-0.4, -0.2) is 3.26 Å². The molecule has 8 rings (SSSR count). The summed E-state index contributed by atoms with van der Waals surface area (Å²) in [4.78, 5) is 0. The van der Waals surface area contributed by atoms with Gasteiger partial charge < -0.3 is 24.8 Å². The van der Waals surface area contributed by atoms with Gasteiger partial charge in [-0.1, -0.05) is 113 Å². The Labute approximate surface area is 368 Å². The summed E-state index contributed by atoms with van der Waals surface area (Å²) in [6, 6.07) is 37.3. The van der Waals surface area contributed by atoms with Crippen LogP contribution in [0.15, 0.2) is 132 Å². The van der Waals surface area contributed by atoms with Crippen LogP contribution in [-0.2, 0) is 30.3 Å². The topological polar surface area (TPSA) is 0 Å². The third-order valence-corrected chi connectivity index (χ3v) is 17.2. The van der Waals surface area contributed by atoms with Gasteiger partial charge in [-0.2, -0.15) is 29.3 Å². The van der Waals surface area contributed by atoms with Gasteiger partial charge in [0.1, 0.15) is 0 Å². The molecule has 0 radical (unpaired) electrons. The minimum Gasteiger partial charge on any atom is -1.00 e. The van der Waals surface area contributed by atoms with Gasteiger partial charge in [-0.05, 0) is 40.6 Å². The van der Waals surface area contributed by atoms with Crippen molar-refractivity contribution in [2.75, 3.05) is 0 Å². The number of rotatable bonds is 4. The van der Waals surface area contributed by atoms with E-state index < -0.39 is 0 Å². The molecule has 0 aliphatic heterocycles. The third kappa shape index (κ3) is 7.80. The van der Waals surface area contributed by atoms with Crippen molar-refractivity contribution in [3.63, 3.8) is 0 Å². The molecule has 4 aromatic carbocycles. The van der Waals surface area contributed by atoms with Crippen LogP contribution >= 0.6 is 0 Å². The monoisotopic (exact) mass is 950 g/mol. The van der Waals surface area contributed by atoms with Crippen LogP contribution < -0.4 is 24.8 Å². The van der Waals surface area contributed by atoms with Crippen molar-refractivity contribution in [1.82, 2.24) is 0 Å². The maximum atomic E-state index is 2.62. The van der Waals surface area contributed by atoms with Gasteiger partial charge in [-0.3, -0.25) is 0 Å². The zero-order chi connectivity index (χ0) is 39.2. The molecular weight excluding hydrogens is 886 g/mol. The van der Waals surface area contributed by atoms with Crippen LogP contribution in [0, 0.1) is 33.5 Å². The standard InChI is InChI=1S/C29H37.C19H22.C5H5.2ClH.Hf/c1-18-25-22-17-19-13-9-10-14-20(19)24(22)21-15-11-12-16-23(21)29(25,8)28(6,7)27(4,5)26(18,2)3;1-14(2)18-9-5-16(6-10-18)13-17-7-11-19(12-8-17)15(3)4;1-2-4-5-3-1;;;/h9-11,13-15,23H,12,16-17H2,1-8H3;5-12,14-15H,1-4H3;1-5H;2*1H;/q-1;;-1;;;+2/p-2. The average Bonchev–Trinajstić information content (AvgIpc) is 3.87. The van der Waals surface area contributed by atoms with Crippen molar-refractivity contribution < 1.29 is 48.7 Å². The molecule has 0 saturated heterocycles. The summed E-state index contributed by atoms with van der Waals surface area (Å²) in [5.41, 5.74) is 15.9. The van der Waals surface area contributed by atoms with E-state index in [0.29, 0.717) is 17.8 Å². The largest absolute Gasteiger partial charge is 1.00 e. The first kappa shape index (κ1) is 46.1. The first-order valence-electron chi connectivity index (χ1n) is 20.5. The number of allylic oxidation sites excluding steroid dienone is 6. The average molecular weight is 950 g/mol. The molecule has 0 N–H and O–H groups in total. The van der Waals surface area contributed by atoms with Crippen molar-refractivity contribution in [2.24, 2.45) is 27.6 Å². The minimum atomic E-state index is 0. The van der Waals surface area contributed by atoms with Crippen LogP contribution in [0.2, 0.25) is 0 Å². The second kappa shape index (κ2) is 17.7. The Balaban J connectivity index is 0.000000225. The molecule has 4 aliphatic carbocycles. The maximum Gasteiger partial charge on any atom is -0.00969 e. The second-order valence-corrected chi connectivity index (χ2v) is 20.4. The van der Waals surface area contributed by atoms with Gasteiger partial charge in [0.25, 0.3) is 0 Å². The minimum absolute atomic E-state index is 0. The van der Waals surface area contributed by atoms with E-state index in [1.165, 1.54) is 49.5 Å². The second-order valence-electron chi connectivity index (χ2n) is 18.6. The first-order chi connectivity index (χ1) is 25.5. The normalized spacial score (nSPS) is 21.9. The Morgan fingerprint density at radius 2 is 1.23 bits per heavy atom. The van der Waals surface area contributed by atoms with Crippen LogP contribution in [0.1, 0.15) is 141 Å². The summed E-state index contributed by atoms with van der Waals surface area (Å²) < 4.78 is 1.48. The quantitative estimate of drug-likeness (QED) is 0.143. The van der Waals surface area contributed by atoms with Gasteiger partial charge in [0, 0.05) is 0 Å². The van der Waals surface area contributed by atoms with Gasteiger partial charge >= 0.3 is 137 Å². The Hall–Kier alpha value is -2.58. The van der Waals surface area contributed by atoms with Gasteiger partial charge in [0.15, 0.2) is 0 Å². The van der Waals surface area contributed by atoms with E-state index in [0.717, 1.165) is 30.3 Å². The van der Waals surface area contributed by atoms with Crippen molar-refractivity contribution in [3.05, 3.63) is 171 Å². The summed E-state index contributed by atoms with van der Waals surface area (Å²) in [6.45, 7) is 29.3. The molecule has 2 unspecified atom stereocenters. The molecule has 2 atom stereocenters.